The summed E-state index contributed by atoms with van der Waals surface area (Å²) in [6.45, 7) is 4.16. The Morgan fingerprint density at radius 2 is 1.82 bits per heavy atom. The van der Waals surface area contributed by atoms with E-state index >= 15 is 0 Å². The molecule has 1 aliphatic heterocycles. The number of aromatic nitrogens is 1. The van der Waals surface area contributed by atoms with E-state index in [0.717, 1.165) is 29.9 Å². The third kappa shape index (κ3) is 6.99. The molecular formula is C24H29FIN5O2. The quantitative estimate of drug-likeness (QED) is 0.258. The van der Waals surface area contributed by atoms with E-state index in [9.17, 15) is 4.39 Å². The van der Waals surface area contributed by atoms with Gasteiger partial charge in [-0.3, -0.25) is 9.89 Å². The maximum atomic E-state index is 13.4. The monoisotopic (exact) mass is 565 g/mol. The first-order chi connectivity index (χ1) is 15.7. The van der Waals surface area contributed by atoms with Gasteiger partial charge < -0.3 is 19.8 Å². The Balaban J connectivity index is 0.00000306. The number of nitrogens with one attached hydrogen (secondary N) is 2. The largest absolute Gasteiger partial charge is 0.444 e. The first-order valence-corrected chi connectivity index (χ1v) is 10.7. The number of benzene rings is 2. The number of hydrogen-bond donors (Lipinski definition) is 2. The molecule has 1 atom stereocenters. The summed E-state index contributed by atoms with van der Waals surface area (Å²) in [6.07, 6.45) is 1.65. The molecule has 2 heterocycles. The third-order valence-electron chi connectivity index (χ3n) is 5.44. The van der Waals surface area contributed by atoms with Crippen molar-refractivity contribution in [1.82, 2.24) is 20.5 Å². The van der Waals surface area contributed by atoms with Gasteiger partial charge in [-0.15, -0.1) is 24.0 Å². The summed E-state index contributed by atoms with van der Waals surface area (Å²) in [6, 6.07) is 16.6. The highest BCUT2D eigenvalue weighted by Gasteiger charge is 2.23. The van der Waals surface area contributed by atoms with Crippen LogP contribution in [0.5, 0.6) is 0 Å². The van der Waals surface area contributed by atoms with E-state index in [4.69, 9.17) is 9.15 Å². The molecule has 0 radical (unpaired) electrons. The molecule has 0 bridgehead atoms. The van der Waals surface area contributed by atoms with Gasteiger partial charge in [0.05, 0.1) is 31.5 Å². The molecule has 1 saturated heterocycles. The molecule has 4 rings (SSSR count). The Morgan fingerprint density at radius 1 is 1.09 bits per heavy atom. The lowest BCUT2D eigenvalue weighted by molar-refractivity contribution is 0.0170. The van der Waals surface area contributed by atoms with Crippen molar-refractivity contribution in [3.63, 3.8) is 0 Å². The highest BCUT2D eigenvalue weighted by molar-refractivity contribution is 14.0. The van der Waals surface area contributed by atoms with Crippen molar-refractivity contribution < 1.29 is 13.5 Å². The van der Waals surface area contributed by atoms with Crippen molar-refractivity contribution in [2.75, 3.05) is 39.9 Å². The standard InChI is InChI=1S/C24H28FN5O2.HI/c1-26-24(27-15-21-17-32-23(29-21)19-5-3-2-4-6-19)28-16-22(30-11-13-31-14-12-30)18-7-9-20(25)10-8-18;/h2-10,17,22H,11-16H2,1H3,(H2,26,27,28);1H. The van der Waals surface area contributed by atoms with Crippen LogP contribution >= 0.6 is 24.0 Å². The molecule has 2 aromatic carbocycles. The molecule has 9 heteroatoms. The van der Waals surface area contributed by atoms with E-state index in [2.05, 4.69) is 25.5 Å². The van der Waals surface area contributed by atoms with Crippen LogP contribution in [0, 0.1) is 5.82 Å². The number of guanidine groups is 1. The second-order valence-electron chi connectivity index (χ2n) is 7.53. The number of aliphatic imine (C=N–C) groups is 1. The lowest BCUT2D eigenvalue weighted by atomic mass is 10.0. The summed E-state index contributed by atoms with van der Waals surface area (Å²) in [7, 11) is 1.73. The van der Waals surface area contributed by atoms with Crippen LogP contribution in [0.25, 0.3) is 11.5 Å². The summed E-state index contributed by atoms with van der Waals surface area (Å²) >= 11 is 0. The summed E-state index contributed by atoms with van der Waals surface area (Å²) in [5, 5.41) is 6.68. The fourth-order valence-corrected chi connectivity index (χ4v) is 3.72. The second-order valence-corrected chi connectivity index (χ2v) is 7.53. The lowest BCUT2D eigenvalue weighted by Gasteiger charge is -2.35. The van der Waals surface area contributed by atoms with Crippen molar-refractivity contribution in [3.8, 4) is 11.5 Å². The highest BCUT2D eigenvalue weighted by Crippen LogP contribution is 2.22. The maximum absolute atomic E-state index is 13.4. The molecule has 1 aliphatic rings. The Kier molecular flexibility index (Phi) is 9.64. The number of halogens is 2. The van der Waals surface area contributed by atoms with Crippen LogP contribution in [0.3, 0.4) is 0 Å². The number of ether oxygens (including phenoxy) is 1. The molecule has 1 fully saturated rings. The molecule has 176 valence electrons. The maximum Gasteiger partial charge on any atom is 0.226 e. The van der Waals surface area contributed by atoms with Crippen molar-refractivity contribution >= 4 is 29.9 Å². The van der Waals surface area contributed by atoms with Gasteiger partial charge in [0.25, 0.3) is 0 Å². The molecule has 0 spiro atoms. The van der Waals surface area contributed by atoms with Crippen molar-refractivity contribution in [1.29, 1.82) is 0 Å². The van der Waals surface area contributed by atoms with E-state index in [0.29, 0.717) is 38.2 Å². The van der Waals surface area contributed by atoms with Crippen molar-refractivity contribution in [2.45, 2.75) is 12.6 Å². The SMILES string of the molecule is CN=C(NCc1coc(-c2ccccc2)n1)NCC(c1ccc(F)cc1)N1CCOCC1.I. The Morgan fingerprint density at radius 3 is 2.52 bits per heavy atom. The van der Waals surface area contributed by atoms with Gasteiger partial charge in [0.2, 0.25) is 5.89 Å². The molecule has 33 heavy (non-hydrogen) atoms. The molecule has 7 nitrogen and oxygen atoms in total. The van der Waals surface area contributed by atoms with Crippen LogP contribution in [0.4, 0.5) is 4.39 Å². The van der Waals surface area contributed by atoms with Gasteiger partial charge in [0.15, 0.2) is 5.96 Å². The van der Waals surface area contributed by atoms with Gasteiger partial charge in [0.1, 0.15) is 12.1 Å². The first kappa shape index (κ1) is 25.1. The Labute approximate surface area is 210 Å². The highest BCUT2D eigenvalue weighted by atomic mass is 127. The van der Waals surface area contributed by atoms with Gasteiger partial charge in [-0.05, 0) is 29.8 Å². The second kappa shape index (κ2) is 12.7. The van der Waals surface area contributed by atoms with E-state index in [1.165, 1.54) is 12.1 Å². The van der Waals surface area contributed by atoms with Crippen LogP contribution in [-0.2, 0) is 11.3 Å². The van der Waals surface area contributed by atoms with Crippen molar-refractivity contribution in [3.05, 3.63) is 77.9 Å². The predicted molar refractivity (Wildman–Crippen MR) is 137 cm³/mol. The Hall–Kier alpha value is -2.50. The molecule has 0 aliphatic carbocycles. The average Bonchev–Trinajstić information content (AvgIpc) is 3.32. The number of hydrogen-bond acceptors (Lipinski definition) is 5. The van der Waals surface area contributed by atoms with Gasteiger partial charge in [-0.1, -0.05) is 30.3 Å². The van der Waals surface area contributed by atoms with E-state index in [1.807, 2.05) is 42.5 Å². The van der Waals surface area contributed by atoms with Crippen LogP contribution in [-0.4, -0.2) is 55.7 Å². The average molecular weight is 565 g/mol. The summed E-state index contributed by atoms with van der Waals surface area (Å²) in [5.74, 6) is 1.02. The van der Waals surface area contributed by atoms with Gasteiger partial charge in [0, 0.05) is 32.2 Å². The van der Waals surface area contributed by atoms with Crippen LogP contribution < -0.4 is 10.6 Å². The van der Waals surface area contributed by atoms with Gasteiger partial charge in [-0.2, -0.15) is 0 Å². The minimum Gasteiger partial charge on any atom is -0.444 e. The zero-order valence-corrected chi connectivity index (χ0v) is 20.9. The minimum absolute atomic E-state index is 0. The number of rotatable bonds is 7. The predicted octanol–water partition coefficient (Wildman–Crippen LogP) is 3.84. The zero-order chi connectivity index (χ0) is 22.2. The Bertz CT molecular complexity index is 1010. The van der Waals surface area contributed by atoms with Gasteiger partial charge in [-0.25, -0.2) is 9.37 Å². The zero-order valence-electron chi connectivity index (χ0n) is 18.5. The molecule has 0 amide bonds. The summed E-state index contributed by atoms with van der Waals surface area (Å²) in [5.41, 5.74) is 2.78. The summed E-state index contributed by atoms with van der Waals surface area (Å²) < 4.78 is 24.5. The van der Waals surface area contributed by atoms with E-state index < -0.39 is 0 Å². The molecule has 1 unspecified atom stereocenters. The number of oxazole rings is 1. The number of morpholine rings is 1. The molecule has 3 aromatic rings. The molecule has 2 N–H and O–H groups in total. The van der Waals surface area contributed by atoms with Crippen LogP contribution in [0.1, 0.15) is 17.3 Å². The smallest absolute Gasteiger partial charge is 0.226 e. The van der Waals surface area contributed by atoms with Crippen LogP contribution in [0.2, 0.25) is 0 Å². The van der Waals surface area contributed by atoms with Crippen molar-refractivity contribution in [2.24, 2.45) is 4.99 Å². The fourth-order valence-electron chi connectivity index (χ4n) is 3.72. The molecular weight excluding hydrogens is 536 g/mol. The fraction of sp³-hybridized carbons (Fsp3) is 0.333. The first-order valence-electron chi connectivity index (χ1n) is 10.7. The van der Waals surface area contributed by atoms with Crippen LogP contribution in [0.15, 0.2) is 70.3 Å². The van der Waals surface area contributed by atoms with E-state index in [1.54, 1.807) is 13.3 Å². The normalized spacial score (nSPS) is 15.5. The third-order valence-corrected chi connectivity index (χ3v) is 5.44. The molecule has 1 aromatic heterocycles. The molecule has 0 saturated carbocycles. The minimum atomic E-state index is -0.234. The topological polar surface area (TPSA) is 74.9 Å². The lowest BCUT2D eigenvalue weighted by Crippen LogP contribution is -2.46. The number of nitrogens with zero attached hydrogens (tertiary/aromatic N) is 3. The van der Waals surface area contributed by atoms with Gasteiger partial charge >= 0.3 is 0 Å². The summed E-state index contributed by atoms with van der Waals surface area (Å²) in [4.78, 5) is 11.2. The van der Waals surface area contributed by atoms with E-state index in [-0.39, 0.29) is 35.8 Å².